The molecule has 1 heterocycles. The van der Waals surface area contributed by atoms with Crippen molar-refractivity contribution in [1.29, 1.82) is 0 Å². The highest BCUT2D eigenvalue weighted by atomic mass is 15.1. The lowest BCUT2D eigenvalue weighted by Crippen LogP contribution is -2.44. The van der Waals surface area contributed by atoms with E-state index in [-0.39, 0.29) is 0 Å². The van der Waals surface area contributed by atoms with E-state index in [1.54, 1.807) is 0 Å². The molecule has 3 atom stereocenters. The lowest BCUT2D eigenvalue weighted by atomic mass is 9.84. The number of hydrogen-bond acceptors (Lipinski definition) is 2. The van der Waals surface area contributed by atoms with Crippen LogP contribution in [-0.4, -0.2) is 30.6 Å². The Hall–Kier alpha value is -0.0800. The minimum atomic E-state index is 0.395. The van der Waals surface area contributed by atoms with Crippen LogP contribution in [0.3, 0.4) is 0 Å². The van der Waals surface area contributed by atoms with Crippen LogP contribution in [-0.2, 0) is 0 Å². The molecule has 3 unspecified atom stereocenters. The van der Waals surface area contributed by atoms with Crippen LogP contribution in [0.5, 0.6) is 0 Å². The van der Waals surface area contributed by atoms with Gasteiger partial charge >= 0.3 is 0 Å². The third-order valence-corrected chi connectivity index (χ3v) is 5.26. The van der Waals surface area contributed by atoms with Gasteiger partial charge in [-0.2, -0.15) is 0 Å². The van der Waals surface area contributed by atoms with Crippen LogP contribution < -0.4 is 5.73 Å². The maximum Gasteiger partial charge on any atom is 0.0105 e. The maximum absolute atomic E-state index is 6.30. The predicted molar refractivity (Wildman–Crippen MR) is 74.0 cm³/mol. The van der Waals surface area contributed by atoms with E-state index in [4.69, 9.17) is 5.73 Å². The summed E-state index contributed by atoms with van der Waals surface area (Å²) in [5, 5.41) is 0. The second kappa shape index (κ2) is 5.71. The number of nitrogens with two attached hydrogens (primary N) is 1. The van der Waals surface area contributed by atoms with Crippen LogP contribution in [0.25, 0.3) is 0 Å². The highest BCUT2D eigenvalue weighted by Crippen LogP contribution is 2.38. The Morgan fingerprint density at radius 1 is 1.18 bits per heavy atom. The monoisotopic (exact) mass is 238 g/mol. The molecule has 0 aromatic rings. The molecule has 1 aliphatic carbocycles. The highest BCUT2D eigenvalue weighted by molar-refractivity contribution is 4.93. The largest absolute Gasteiger partial charge is 0.327 e. The molecule has 2 rings (SSSR count). The van der Waals surface area contributed by atoms with E-state index < -0.39 is 0 Å². The van der Waals surface area contributed by atoms with Crippen LogP contribution in [0, 0.1) is 11.3 Å². The summed E-state index contributed by atoms with van der Waals surface area (Å²) in [6.45, 7) is 8.60. The van der Waals surface area contributed by atoms with Crippen molar-refractivity contribution >= 4 is 0 Å². The van der Waals surface area contributed by atoms with E-state index in [9.17, 15) is 0 Å². The Morgan fingerprint density at radius 2 is 2.00 bits per heavy atom. The summed E-state index contributed by atoms with van der Waals surface area (Å²) in [5.74, 6) is 0.977. The lowest BCUT2D eigenvalue weighted by molar-refractivity contribution is 0.155. The first-order valence-electron chi connectivity index (χ1n) is 7.62. The molecule has 0 aromatic heterocycles. The Bertz CT molecular complexity index is 241. The van der Waals surface area contributed by atoms with Crippen LogP contribution in [0.1, 0.15) is 58.8 Å². The average Bonchev–Trinajstić information content (AvgIpc) is 2.54. The zero-order valence-corrected chi connectivity index (χ0v) is 11.8. The fourth-order valence-corrected chi connectivity index (χ4v) is 3.76. The van der Waals surface area contributed by atoms with Gasteiger partial charge in [0, 0.05) is 12.6 Å². The third kappa shape index (κ3) is 3.23. The normalized spacial score (nSPS) is 40.4. The SMILES string of the molecule is CCC1CCCN(CC2(C)CCCC2N)CC1. The van der Waals surface area contributed by atoms with Crippen molar-refractivity contribution in [3.05, 3.63) is 0 Å². The van der Waals surface area contributed by atoms with Crippen molar-refractivity contribution in [2.45, 2.75) is 64.8 Å². The van der Waals surface area contributed by atoms with Crippen molar-refractivity contribution in [3.8, 4) is 0 Å². The molecule has 0 amide bonds. The van der Waals surface area contributed by atoms with Gasteiger partial charge in [0.05, 0.1) is 0 Å². The van der Waals surface area contributed by atoms with Crippen LogP contribution >= 0.6 is 0 Å². The molecule has 1 saturated heterocycles. The molecule has 0 aromatic carbocycles. The Morgan fingerprint density at radius 3 is 2.65 bits per heavy atom. The molecule has 1 aliphatic heterocycles. The summed E-state index contributed by atoms with van der Waals surface area (Å²) in [4.78, 5) is 2.70. The Kier molecular flexibility index (Phi) is 4.48. The number of likely N-dealkylation sites (tertiary alicyclic amines) is 1. The lowest BCUT2D eigenvalue weighted by Gasteiger charge is -2.35. The molecule has 0 bridgehead atoms. The van der Waals surface area contributed by atoms with Gasteiger partial charge in [-0.15, -0.1) is 0 Å². The fraction of sp³-hybridized carbons (Fsp3) is 1.00. The Labute approximate surface area is 107 Å². The van der Waals surface area contributed by atoms with E-state index >= 15 is 0 Å². The van der Waals surface area contributed by atoms with E-state index in [1.165, 1.54) is 64.6 Å². The van der Waals surface area contributed by atoms with Gasteiger partial charge in [0.15, 0.2) is 0 Å². The first-order valence-corrected chi connectivity index (χ1v) is 7.62. The van der Waals surface area contributed by atoms with E-state index in [0.29, 0.717) is 11.5 Å². The number of nitrogens with zero attached hydrogens (tertiary/aromatic N) is 1. The van der Waals surface area contributed by atoms with E-state index in [0.717, 1.165) is 5.92 Å². The summed E-state index contributed by atoms with van der Waals surface area (Å²) >= 11 is 0. The summed E-state index contributed by atoms with van der Waals surface area (Å²) in [6, 6.07) is 0.438. The molecule has 0 radical (unpaired) electrons. The van der Waals surface area contributed by atoms with Crippen LogP contribution in [0.4, 0.5) is 0 Å². The number of rotatable bonds is 3. The van der Waals surface area contributed by atoms with Crippen molar-refractivity contribution in [3.63, 3.8) is 0 Å². The minimum absolute atomic E-state index is 0.395. The quantitative estimate of drug-likeness (QED) is 0.819. The van der Waals surface area contributed by atoms with Crippen molar-refractivity contribution in [2.24, 2.45) is 17.1 Å². The molecule has 2 fully saturated rings. The third-order valence-electron chi connectivity index (χ3n) is 5.26. The van der Waals surface area contributed by atoms with Gasteiger partial charge in [0.2, 0.25) is 0 Å². The highest BCUT2D eigenvalue weighted by Gasteiger charge is 2.37. The van der Waals surface area contributed by atoms with Crippen molar-refractivity contribution in [1.82, 2.24) is 4.90 Å². The average molecular weight is 238 g/mol. The molecule has 2 nitrogen and oxygen atoms in total. The molecule has 1 saturated carbocycles. The molecule has 2 aliphatic rings. The minimum Gasteiger partial charge on any atom is -0.327 e. The zero-order chi connectivity index (χ0) is 12.3. The zero-order valence-electron chi connectivity index (χ0n) is 11.8. The molecule has 0 spiro atoms. The van der Waals surface area contributed by atoms with Crippen molar-refractivity contribution < 1.29 is 0 Å². The first-order chi connectivity index (χ1) is 8.14. The number of hydrogen-bond donors (Lipinski definition) is 1. The predicted octanol–water partition coefficient (Wildman–Crippen LogP) is 3.02. The van der Waals surface area contributed by atoms with Crippen molar-refractivity contribution in [2.75, 3.05) is 19.6 Å². The molecular weight excluding hydrogens is 208 g/mol. The second-order valence-corrected chi connectivity index (χ2v) is 6.63. The summed E-state index contributed by atoms with van der Waals surface area (Å²) in [7, 11) is 0. The maximum atomic E-state index is 6.30. The van der Waals surface area contributed by atoms with Crippen LogP contribution in [0.15, 0.2) is 0 Å². The van der Waals surface area contributed by atoms with Gasteiger partial charge in [0.25, 0.3) is 0 Å². The Balaban J connectivity index is 1.86. The van der Waals surface area contributed by atoms with Crippen LogP contribution in [0.2, 0.25) is 0 Å². The molecule has 17 heavy (non-hydrogen) atoms. The fourth-order valence-electron chi connectivity index (χ4n) is 3.76. The van der Waals surface area contributed by atoms with Gasteiger partial charge in [-0.3, -0.25) is 0 Å². The van der Waals surface area contributed by atoms with Gasteiger partial charge in [0.1, 0.15) is 0 Å². The topological polar surface area (TPSA) is 29.3 Å². The standard InChI is InChI=1S/C15H30N2/c1-3-13-6-5-10-17(11-8-13)12-15(2)9-4-7-14(15)16/h13-14H,3-12,16H2,1-2H3. The van der Waals surface area contributed by atoms with E-state index in [1.807, 2.05) is 0 Å². The first kappa shape index (κ1) is 13.4. The van der Waals surface area contributed by atoms with Gasteiger partial charge in [-0.25, -0.2) is 0 Å². The van der Waals surface area contributed by atoms with E-state index in [2.05, 4.69) is 18.7 Å². The van der Waals surface area contributed by atoms with Gasteiger partial charge in [-0.1, -0.05) is 26.7 Å². The summed E-state index contributed by atoms with van der Waals surface area (Å²) in [5.41, 5.74) is 6.69. The summed E-state index contributed by atoms with van der Waals surface area (Å²) in [6.07, 6.45) is 9.51. The van der Waals surface area contributed by atoms with Gasteiger partial charge < -0.3 is 10.6 Å². The smallest absolute Gasteiger partial charge is 0.0105 e. The van der Waals surface area contributed by atoms with Gasteiger partial charge in [-0.05, 0) is 56.5 Å². The second-order valence-electron chi connectivity index (χ2n) is 6.63. The molecular formula is C15H30N2. The molecule has 100 valence electrons. The summed E-state index contributed by atoms with van der Waals surface area (Å²) < 4.78 is 0. The molecule has 2 heteroatoms. The molecule has 2 N–H and O–H groups in total.